The number of ether oxygens (including phenoxy) is 1. The lowest BCUT2D eigenvalue weighted by molar-refractivity contribution is -0.119. The third-order valence-corrected chi connectivity index (χ3v) is 2.79. The minimum absolute atomic E-state index is 0.180. The van der Waals surface area contributed by atoms with Gasteiger partial charge in [-0.2, -0.15) is 0 Å². The van der Waals surface area contributed by atoms with Gasteiger partial charge in [0.1, 0.15) is 5.75 Å². The number of hydrogen-bond acceptors (Lipinski definition) is 3. The van der Waals surface area contributed by atoms with Crippen LogP contribution in [0.3, 0.4) is 0 Å². The van der Waals surface area contributed by atoms with Crippen molar-refractivity contribution in [3.8, 4) is 5.75 Å². The molecule has 0 bridgehead atoms. The third kappa shape index (κ3) is 4.91. The van der Waals surface area contributed by atoms with Gasteiger partial charge >= 0.3 is 0 Å². The summed E-state index contributed by atoms with van der Waals surface area (Å²) in [5, 5.41) is 2.82. The maximum absolute atomic E-state index is 12.0. The molecule has 0 aliphatic carbocycles. The highest BCUT2D eigenvalue weighted by atomic mass is 16.5. The Bertz CT molecular complexity index is 424. The highest BCUT2D eigenvalue weighted by Gasteiger charge is 2.27. The lowest BCUT2D eigenvalue weighted by Crippen LogP contribution is -2.45. The van der Waals surface area contributed by atoms with Crippen molar-refractivity contribution < 1.29 is 9.53 Å². The second-order valence-corrected chi connectivity index (χ2v) is 5.71. The Morgan fingerprint density at radius 2 is 2.11 bits per heavy atom. The molecule has 0 fully saturated rings. The van der Waals surface area contributed by atoms with Crippen LogP contribution in [0.2, 0.25) is 0 Å². The fourth-order valence-corrected chi connectivity index (χ4v) is 1.50. The fraction of sp³-hybridized carbons (Fsp3) is 0.533. The van der Waals surface area contributed by atoms with E-state index in [9.17, 15) is 4.79 Å². The van der Waals surface area contributed by atoms with Crippen molar-refractivity contribution in [2.24, 2.45) is 11.1 Å². The summed E-state index contributed by atoms with van der Waals surface area (Å²) < 4.78 is 5.52. The molecule has 19 heavy (non-hydrogen) atoms. The van der Waals surface area contributed by atoms with Crippen molar-refractivity contribution in [1.29, 1.82) is 0 Å². The van der Waals surface area contributed by atoms with E-state index in [4.69, 9.17) is 10.5 Å². The van der Waals surface area contributed by atoms with Crippen LogP contribution in [0, 0.1) is 5.41 Å². The molecular formula is C15H24N2O2. The summed E-state index contributed by atoms with van der Waals surface area (Å²) in [6, 6.07) is 6.81. The summed E-state index contributed by atoms with van der Waals surface area (Å²) in [6.07, 6.45) is 0.950. The van der Waals surface area contributed by atoms with Crippen LogP contribution < -0.4 is 15.8 Å². The van der Waals surface area contributed by atoms with E-state index in [0.29, 0.717) is 12.3 Å². The highest BCUT2D eigenvalue weighted by molar-refractivity contribution is 5.95. The monoisotopic (exact) mass is 264 g/mol. The Kier molecular flexibility index (Phi) is 5.36. The first-order valence-electron chi connectivity index (χ1n) is 6.64. The molecule has 106 valence electrons. The molecule has 1 aromatic rings. The van der Waals surface area contributed by atoms with E-state index in [-0.39, 0.29) is 11.3 Å². The number of hydrogen-bond donors (Lipinski definition) is 2. The summed E-state index contributed by atoms with van der Waals surface area (Å²) in [5.41, 5.74) is 6.36. The van der Waals surface area contributed by atoms with Gasteiger partial charge in [0.15, 0.2) is 0 Å². The largest absolute Gasteiger partial charge is 0.494 e. The van der Waals surface area contributed by atoms with E-state index >= 15 is 0 Å². The number of carbonyl (C=O) groups is 1. The predicted octanol–water partition coefficient (Wildman–Crippen LogP) is 2.79. The molecule has 0 spiro atoms. The number of anilines is 1. The van der Waals surface area contributed by atoms with Gasteiger partial charge < -0.3 is 15.8 Å². The maximum Gasteiger partial charge on any atom is 0.241 e. The molecule has 0 aromatic heterocycles. The average molecular weight is 264 g/mol. The zero-order chi connectivity index (χ0) is 14.5. The fourth-order valence-electron chi connectivity index (χ4n) is 1.50. The Morgan fingerprint density at radius 1 is 1.42 bits per heavy atom. The van der Waals surface area contributed by atoms with Crippen LogP contribution in [-0.4, -0.2) is 18.6 Å². The summed E-state index contributed by atoms with van der Waals surface area (Å²) in [4.78, 5) is 12.0. The molecule has 0 unspecified atom stereocenters. The first-order chi connectivity index (χ1) is 8.84. The van der Waals surface area contributed by atoms with Crippen LogP contribution in [0.25, 0.3) is 0 Å². The second kappa shape index (κ2) is 6.57. The Hall–Kier alpha value is -1.55. The smallest absolute Gasteiger partial charge is 0.241 e. The zero-order valence-electron chi connectivity index (χ0n) is 12.2. The van der Waals surface area contributed by atoms with E-state index in [1.165, 1.54) is 0 Å². The van der Waals surface area contributed by atoms with Crippen molar-refractivity contribution in [3.63, 3.8) is 0 Å². The lowest BCUT2D eigenvalue weighted by atomic mass is 9.87. The summed E-state index contributed by atoms with van der Waals surface area (Å²) in [7, 11) is 0. The van der Waals surface area contributed by atoms with Crippen molar-refractivity contribution in [3.05, 3.63) is 24.3 Å². The number of carbonyl (C=O) groups excluding carboxylic acids is 1. The van der Waals surface area contributed by atoms with Crippen molar-refractivity contribution in [2.75, 3.05) is 11.9 Å². The minimum atomic E-state index is -0.548. The first-order valence-corrected chi connectivity index (χ1v) is 6.64. The third-order valence-electron chi connectivity index (χ3n) is 2.79. The second-order valence-electron chi connectivity index (χ2n) is 5.71. The molecule has 3 N–H and O–H groups in total. The van der Waals surface area contributed by atoms with Crippen LogP contribution in [0.1, 0.15) is 34.1 Å². The standard InChI is InChI=1S/C15H24N2O2/c1-5-9-19-12-8-6-7-11(10-12)17-14(18)13(16)15(2,3)4/h6-8,10,13H,5,9,16H2,1-4H3,(H,17,18)/t13-/m0/s1. The molecule has 0 radical (unpaired) electrons. The number of amides is 1. The number of benzene rings is 1. The molecule has 1 aromatic carbocycles. The predicted molar refractivity (Wildman–Crippen MR) is 78.3 cm³/mol. The van der Waals surface area contributed by atoms with Crippen molar-refractivity contribution in [2.45, 2.75) is 40.2 Å². The number of nitrogens with two attached hydrogens (primary N) is 1. The summed E-state index contributed by atoms with van der Waals surface area (Å²) in [5.74, 6) is 0.573. The van der Waals surface area contributed by atoms with E-state index in [1.54, 1.807) is 0 Å². The van der Waals surface area contributed by atoms with E-state index in [2.05, 4.69) is 5.32 Å². The van der Waals surface area contributed by atoms with Gasteiger partial charge in [-0.3, -0.25) is 4.79 Å². The van der Waals surface area contributed by atoms with E-state index < -0.39 is 6.04 Å². The molecule has 4 nitrogen and oxygen atoms in total. The Labute approximate surface area is 115 Å². The van der Waals surface area contributed by atoms with Crippen molar-refractivity contribution in [1.82, 2.24) is 0 Å². The van der Waals surface area contributed by atoms with Crippen molar-refractivity contribution >= 4 is 11.6 Å². The average Bonchev–Trinajstić information content (AvgIpc) is 2.34. The summed E-state index contributed by atoms with van der Waals surface area (Å²) in [6.45, 7) is 8.54. The molecule has 0 aliphatic heterocycles. The quantitative estimate of drug-likeness (QED) is 0.859. The molecule has 1 rings (SSSR count). The number of nitrogens with one attached hydrogen (secondary N) is 1. The minimum Gasteiger partial charge on any atom is -0.494 e. The number of rotatable bonds is 5. The molecular weight excluding hydrogens is 240 g/mol. The van der Waals surface area contributed by atoms with E-state index in [0.717, 1.165) is 12.2 Å². The molecule has 1 atom stereocenters. The van der Waals surface area contributed by atoms with Gasteiger partial charge in [-0.05, 0) is 24.0 Å². The summed E-state index contributed by atoms with van der Waals surface area (Å²) >= 11 is 0. The van der Waals surface area contributed by atoms with Crippen LogP contribution >= 0.6 is 0 Å². The first kappa shape index (κ1) is 15.5. The maximum atomic E-state index is 12.0. The van der Waals surface area contributed by atoms with Crippen LogP contribution in [-0.2, 0) is 4.79 Å². The molecule has 1 amide bonds. The van der Waals surface area contributed by atoms with Crippen LogP contribution in [0.4, 0.5) is 5.69 Å². The zero-order valence-corrected chi connectivity index (χ0v) is 12.2. The molecule has 0 heterocycles. The highest BCUT2D eigenvalue weighted by Crippen LogP contribution is 2.21. The molecule has 0 saturated heterocycles. The normalized spacial score (nSPS) is 12.9. The van der Waals surface area contributed by atoms with Gasteiger partial charge in [0.05, 0.1) is 12.6 Å². The van der Waals surface area contributed by atoms with Gasteiger partial charge in [-0.15, -0.1) is 0 Å². The van der Waals surface area contributed by atoms with Gasteiger partial charge in [-0.1, -0.05) is 33.8 Å². The SMILES string of the molecule is CCCOc1cccc(NC(=O)[C@H](N)C(C)(C)C)c1. The van der Waals surface area contributed by atoms with Crippen LogP contribution in [0.5, 0.6) is 5.75 Å². The van der Waals surface area contributed by atoms with E-state index in [1.807, 2.05) is 52.0 Å². The topological polar surface area (TPSA) is 64.3 Å². The molecule has 0 aliphatic rings. The lowest BCUT2D eigenvalue weighted by Gasteiger charge is -2.25. The van der Waals surface area contributed by atoms with Gasteiger partial charge in [-0.25, -0.2) is 0 Å². The van der Waals surface area contributed by atoms with Gasteiger partial charge in [0.25, 0.3) is 0 Å². The Morgan fingerprint density at radius 3 is 2.68 bits per heavy atom. The Balaban J connectivity index is 2.69. The van der Waals surface area contributed by atoms with Gasteiger partial charge in [0, 0.05) is 11.8 Å². The molecule has 4 heteroatoms. The molecule has 0 saturated carbocycles. The van der Waals surface area contributed by atoms with Crippen LogP contribution in [0.15, 0.2) is 24.3 Å². The van der Waals surface area contributed by atoms with Gasteiger partial charge in [0.2, 0.25) is 5.91 Å².